The van der Waals surface area contributed by atoms with Gasteiger partial charge in [-0.05, 0) is 25.0 Å². The molecule has 1 saturated heterocycles. The number of carbonyl (C=O) groups excluding carboxylic acids is 2. The lowest BCUT2D eigenvalue weighted by Gasteiger charge is -2.25. The van der Waals surface area contributed by atoms with Gasteiger partial charge in [0.2, 0.25) is 0 Å². The molecular formula is C15H19NO3. The fourth-order valence-electron chi connectivity index (χ4n) is 2.18. The first kappa shape index (κ1) is 13.6. The van der Waals surface area contributed by atoms with Crippen molar-refractivity contribution in [3.8, 4) is 0 Å². The van der Waals surface area contributed by atoms with Gasteiger partial charge in [0.05, 0.1) is 0 Å². The monoisotopic (exact) mass is 261 g/mol. The lowest BCUT2D eigenvalue weighted by atomic mass is 10.1. The number of aryl methyl sites for hydroxylation is 2. The van der Waals surface area contributed by atoms with Gasteiger partial charge in [-0.15, -0.1) is 0 Å². The molecule has 1 fully saturated rings. The fraction of sp³-hybridized carbons (Fsp3) is 0.467. The highest BCUT2D eigenvalue weighted by atomic mass is 16.6. The molecule has 4 nitrogen and oxygen atoms in total. The molecule has 1 amide bonds. The van der Waals surface area contributed by atoms with E-state index in [0.717, 1.165) is 11.1 Å². The van der Waals surface area contributed by atoms with Crippen LogP contribution >= 0.6 is 0 Å². The van der Waals surface area contributed by atoms with Crippen LogP contribution in [0.25, 0.3) is 0 Å². The molecule has 19 heavy (non-hydrogen) atoms. The van der Waals surface area contributed by atoms with E-state index in [1.807, 2.05) is 26.0 Å². The second-order valence-electron chi connectivity index (χ2n) is 5.01. The molecular weight excluding hydrogens is 242 g/mol. The van der Waals surface area contributed by atoms with Gasteiger partial charge < -0.3 is 9.64 Å². The van der Waals surface area contributed by atoms with Crippen LogP contribution in [0.2, 0.25) is 0 Å². The normalized spacial score (nSPS) is 15.5. The molecule has 4 heteroatoms. The molecule has 0 atom stereocenters. The van der Waals surface area contributed by atoms with E-state index < -0.39 is 0 Å². The number of hydrogen-bond donors (Lipinski definition) is 0. The third-order valence-corrected chi connectivity index (χ3v) is 3.43. The number of likely N-dealkylation sites (tertiary alicyclic amines) is 1. The molecule has 0 saturated carbocycles. The van der Waals surface area contributed by atoms with Gasteiger partial charge in [-0.2, -0.15) is 0 Å². The summed E-state index contributed by atoms with van der Waals surface area (Å²) >= 11 is 0. The number of ether oxygens (including phenoxy) is 1. The minimum absolute atomic E-state index is 0.221. The lowest BCUT2D eigenvalue weighted by molar-refractivity contribution is -0.121. The van der Waals surface area contributed by atoms with Crippen LogP contribution in [-0.2, 0) is 16.1 Å². The Bertz CT molecular complexity index is 486. The summed E-state index contributed by atoms with van der Waals surface area (Å²) in [4.78, 5) is 24.6. The first-order chi connectivity index (χ1) is 9.06. The number of piperidine rings is 1. The number of nitrogens with zero attached hydrogens (tertiary/aromatic N) is 1. The average Bonchev–Trinajstić information content (AvgIpc) is 2.38. The molecule has 0 aromatic heterocycles. The van der Waals surface area contributed by atoms with Crippen molar-refractivity contribution >= 4 is 11.9 Å². The van der Waals surface area contributed by atoms with Gasteiger partial charge in [0.15, 0.2) is 0 Å². The van der Waals surface area contributed by atoms with E-state index in [4.69, 9.17) is 4.74 Å². The zero-order valence-electron chi connectivity index (χ0n) is 11.4. The fourth-order valence-corrected chi connectivity index (χ4v) is 2.18. The second kappa shape index (κ2) is 5.87. The predicted octanol–water partition coefficient (Wildman–Crippen LogP) is 2.60. The summed E-state index contributed by atoms with van der Waals surface area (Å²) in [7, 11) is 0. The van der Waals surface area contributed by atoms with Crippen molar-refractivity contribution in [2.45, 2.75) is 33.3 Å². The molecule has 1 aromatic rings. The van der Waals surface area contributed by atoms with Crippen LogP contribution in [0.15, 0.2) is 18.2 Å². The standard InChI is InChI=1S/C15H19NO3/c1-11-3-4-13(12(2)9-11)10-19-15(18)16-7-5-14(17)6-8-16/h3-4,9H,5-8,10H2,1-2H3. The number of amides is 1. The largest absolute Gasteiger partial charge is 0.445 e. The van der Waals surface area contributed by atoms with Crippen molar-refractivity contribution < 1.29 is 14.3 Å². The van der Waals surface area contributed by atoms with Crippen molar-refractivity contribution in [1.82, 2.24) is 4.90 Å². The molecule has 0 bridgehead atoms. The number of hydrogen-bond acceptors (Lipinski definition) is 3. The number of benzene rings is 1. The van der Waals surface area contributed by atoms with E-state index in [1.165, 1.54) is 5.56 Å². The van der Waals surface area contributed by atoms with E-state index >= 15 is 0 Å². The number of carbonyl (C=O) groups is 2. The topological polar surface area (TPSA) is 46.6 Å². The van der Waals surface area contributed by atoms with Gasteiger partial charge in [-0.1, -0.05) is 23.8 Å². The molecule has 0 radical (unpaired) electrons. The van der Waals surface area contributed by atoms with Gasteiger partial charge >= 0.3 is 6.09 Å². The van der Waals surface area contributed by atoms with Crippen molar-refractivity contribution in [1.29, 1.82) is 0 Å². The smallest absolute Gasteiger partial charge is 0.410 e. The van der Waals surface area contributed by atoms with Crippen LogP contribution in [0.4, 0.5) is 4.79 Å². The van der Waals surface area contributed by atoms with Crippen LogP contribution in [0, 0.1) is 13.8 Å². The van der Waals surface area contributed by atoms with Gasteiger partial charge in [0.1, 0.15) is 12.4 Å². The maximum absolute atomic E-state index is 11.8. The van der Waals surface area contributed by atoms with E-state index in [1.54, 1.807) is 4.90 Å². The van der Waals surface area contributed by atoms with Crippen molar-refractivity contribution in [2.24, 2.45) is 0 Å². The summed E-state index contributed by atoms with van der Waals surface area (Å²) in [6.07, 6.45) is 0.560. The zero-order chi connectivity index (χ0) is 13.8. The molecule has 1 heterocycles. The summed E-state index contributed by atoms with van der Waals surface area (Å²) < 4.78 is 5.30. The summed E-state index contributed by atoms with van der Waals surface area (Å²) in [6.45, 7) is 5.29. The SMILES string of the molecule is Cc1ccc(COC(=O)N2CCC(=O)CC2)c(C)c1. The maximum atomic E-state index is 11.8. The molecule has 2 rings (SSSR count). The van der Waals surface area contributed by atoms with Crippen LogP contribution in [0.3, 0.4) is 0 Å². The van der Waals surface area contributed by atoms with Crippen LogP contribution in [0.1, 0.15) is 29.5 Å². The summed E-state index contributed by atoms with van der Waals surface area (Å²) in [5.41, 5.74) is 3.34. The third-order valence-electron chi connectivity index (χ3n) is 3.43. The summed E-state index contributed by atoms with van der Waals surface area (Å²) in [6, 6.07) is 6.07. The van der Waals surface area contributed by atoms with Crippen LogP contribution < -0.4 is 0 Å². The molecule has 1 aliphatic rings. The van der Waals surface area contributed by atoms with Gasteiger partial charge in [0.25, 0.3) is 0 Å². The predicted molar refractivity (Wildman–Crippen MR) is 71.9 cm³/mol. The van der Waals surface area contributed by atoms with Crippen LogP contribution in [0.5, 0.6) is 0 Å². The molecule has 0 aliphatic carbocycles. The maximum Gasteiger partial charge on any atom is 0.410 e. The molecule has 102 valence electrons. The number of rotatable bonds is 2. The van der Waals surface area contributed by atoms with Gasteiger partial charge in [0, 0.05) is 25.9 Å². The van der Waals surface area contributed by atoms with E-state index in [-0.39, 0.29) is 18.5 Å². The quantitative estimate of drug-likeness (QED) is 0.822. The lowest BCUT2D eigenvalue weighted by Crippen LogP contribution is -2.38. The Morgan fingerprint density at radius 3 is 2.58 bits per heavy atom. The average molecular weight is 261 g/mol. The van der Waals surface area contributed by atoms with Crippen molar-refractivity contribution in [3.63, 3.8) is 0 Å². The Morgan fingerprint density at radius 2 is 1.95 bits per heavy atom. The number of ketones is 1. The Balaban J connectivity index is 1.88. The van der Waals surface area contributed by atoms with E-state index in [2.05, 4.69) is 6.07 Å². The Kier molecular flexibility index (Phi) is 4.20. The highest BCUT2D eigenvalue weighted by Crippen LogP contribution is 2.13. The molecule has 1 aliphatic heterocycles. The highest BCUT2D eigenvalue weighted by Gasteiger charge is 2.21. The highest BCUT2D eigenvalue weighted by molar-refractivity contribution is 5.81. The minimum atomic E-state index is -0.326. The van der Waals surface area contributed by atoms with Crippen molar-refractivity contribution in [3.05, 3.63) is 34.9 Å². The Labute approximate surface area is 113 Å². The summed E-state index contributed by atoms with van der Waals surface area (Å²) in [5.74, 6) is 0.221. The molecule has 0 spiro atoms. The van der Waals surface area contributed by atoms with E-state index in [0.29, 0.717) is 25.9 Å². The first-order valence-electron chi connectivity index (χ1n) is 6.56. The minimum Gasteiger partial charge on any atom is -0.445 e. The summed E-state index contributed by atoms with van der Waals surface area (Å²) in [5, 5.41) is 0. The Morgan fingerprint density at radius 1 is 1.26 bits per heavy atom. The van der Waals surface area contributed by atoms with Gasteiger partial charge in [-0.3, -0.25) is 4.79 Å². The third kappa shape index (κ3) is 3.56. The molecule has 0 unspecified atom stereocenters. The second-order valence-corrected chi connectivity index (χ2v) is 5.01. The Hall–Kier alpha value is -1.84. The van der Waals surface area contributed by atoms with Crippen LogP contribution in [-0.4, -0.2) is 29.9 Å². The van der Waals surface area contributed by atoms with Gasteiger partial charge in [-0.25, -0.2) is 4.79 Å². The van der Waals surface area contributed by atoms with Crippen molar-refractivity contribution in [2.75, 3.05) is 13.1 Å². The number of Topliss-reactive ketones (excluding diaryl/α,β-unsaturated/α-hetero) is 1. The zero-order valence-corrected chi connectivity index (χ0v) is 11.4. The first-order valence-corrected chi connectivity index (χ1v) is 6.56. The molecule has 0 N–H and O–H groups in total. The van der Waals surface area contributed by atoms with E-state index in [9.17, 15) is 9.59 Å². The molecule has 1 aromatic carbocycles.